The zero-order valence-electron chi connectivity index (χ0n) is 16.5. The van der Waals surface area contributed by atoms with Crippen molar-refractivity contribution in [1.29, 1.82) is 5.26 Å². The highest BCUT2D eigenvalue weighted by Crippen LogP contribution is 2.42. The lowest BCUT2D eigenvalue weighted by atomic mass is 10.0. The quantitative estimate of drug-likeness (QED) is 0.526. The van der Waals surface area contributed by atoms with Crippen LogP contribution in [-0.2, 0) is 6.54 Å². The Kier molecular flexibility index (Phi) is 5.83. The lowest BCUT2D eigenvalue weighted by Gasteiger charge is -2.16. The Balaban J connectivity index is 0.00000256. The zero-order chi connectivity index (χ0) is 20.7. The van der Waals surface area contributed by atoms with Gasteiger partial charge in [0.1, 0.15) is 0 Å². The monoisotopic (exact) mass is 425 g/mol. The SMILES string of the molecule is COc1cc2c3c(n(CCCN)c(=O)c2cc1OC)-c1ccc(C#N)cc1C3=O.Cl. The number of pyridine rings is 1. The second kappa shape index (κ2) is 8.19. The highest BCUT2D eigenvalue weighted by atomic mass is 35.5. The minimum Gasteiger partial charge on any atom is -0.493 e. The molecule has 0 amide bonds. The third-order valence-electron chi connectivity index (χ3n) is 5.24. The van der Waals surface area contributed by atoms with Crippen LogP contribution in [0, 0.1) is 11.3 Å². The number of benzene rings is 2. The molecular weight excluding hydrogens is 406 g/mol. The number of fused-ring (bicyclic) bond motifs is 5. The van der Waals surface area contributed by atoms with Crippen molar-refractivity contribution < 1.29 is 14.3 Å². The van der Waals surface area contributed by atoms with E-state index in [4.69, 9.17) is 15.2 Å². The maximum absolute atomic E-state index is 13.4. The van der Waals surface area contributed by atoms with Crippen LogP contribution in [0.5, 0.6) is 11.5 Å². The van der Waals surface area contributed by atoms with E-state index in [0.717, 1.165) is 0 Å². The molecule has 1 aliphatic carbocycles. The Hall–Kier alpha value is -3.34. The molecule has 1 heterocycles. The summed E-state index contributed by atoms with van der Waals surface area (Å²) in [5.41, 5.74) is 7.90. The molecule has 0 radical (unpaired) electrons. The van der Waals surface area contributed by atoms with Gasteiger partial charge >= 0.3 is 0 Å². The number of halogens is 1. The van der Waals surface area contributed by atoms with Crippen LogP contribution in [0.3, 0.4) is 0 Å². The summed E-state index contributed by atoms with van der Waals surface area (Å²) < 4.78 is 12.3. The average Bonchev–Trinajstić information content (AvgIpc) is 3.04. The maximum Gasteiger partial charge on any atom is 0.259 e. The Morgan fingerprint density at radius 1 is 1.03 bits per heavy atom. The first-order valence-corrected chi connectivity index (χ1v) is 9.17. The molecule has 0 atom stereocenters. The molecule has 0 saturated carbocycles. The number of ketones is 1. The highest BCUT2D eigenvalue weighted by molar-refractivity contribution is 6.27. The summed E-state index contributed by atoms with van der Waals surface area (Å²) in [4.78, 5) is 26.7. The fraction of sp³-hybridized carbons (Fsp3) is 0.227. The summed E-state index contributed by atoms with van der Waals surface area (Å²) in [5.74, 6) is 0.630. The molecular formula is C22H20ClN3O4. The normalized spacial score (nSPS) is 11.5. The first-order chi connectivity index (χ1) is 14.0. The van der Waals surface area contributed by atoms with Crippen LogP contribution >= 0.6 is 12.4 Å². The number of carbonyl (C=O) groups is 1. The van der Waals surface area contributed by atoms with Gasteiger partial charge in [0.2, 0.25) is 0 Å². The predicted molar refractivity (Wildman–Crippen MR) is 116 cm³/mol. The topological polar surface area (TPSA) is 107 Å². The first-order valence-electron chi connectivity index (χ1n) is 9.17. The molecule has 2 aromatic carbocycles. The molecule has 1 aromatic heterocycles. The van der Waals surface area contributed by atoms with Gasteiger partial charge in [-0.2, -0.15) is 5.26 Å². The summed E-state index contributed by atoms with van der Waals surface area (Å²) in [6, 6.07) is 10.3. The standard InChI is InChI=1S/C22H19N3O4.ClH/c1-28-17-9-14-16(10-18(17)29-2)22(27)25(7-3-6-23)20-13-5-4-12(11-24)8-15(13)21(26)19(14)20;/h4-5,8-10H,3,6-7,23H2,1-2H3;1H. The number of ether oxygens (including phenoxy) is 2. The first kappa shape index (κ1) is 21.4. The van der Waals surface area contributed by atoms with E-state index in [2.05, 4.69) is 6.07 Å². The van der Waals surface area contributed by atoms with Gasteiger partial charge in [-0.3, -0.25) is 9.59 Å². The van der Waals surface area contributed by atoms with Crippen molar-refractivity contribution >= 4 is 29.0 Å². The van der Waals surface area contributed by atoms with E-state index in [-0.39, 0.29) is 23.7 Å². The maximum atomic E-state index is 13.4. The molecule has 0 saturated heterocycles. The van der Waals surface area contributed by atoms with Crippen LogP contribution < -0.4 is 20.8 Å². The highest BCUT2D eigenvalue weighted by Gasteiger charge is 2.33. The molecule has 30 heavy (non-hydrogen) atoms. The summed E-state index contributed by atoms with van der Waals surface area (Å²) in [6.07, 6.45) is 0.588. The number of rotatable bonds is 5. The number of carbonyl (C=O) groups excluding carboxylic acids is 1. The number of methoxy groups -OCH3 is 2. The number of hydrogen-bond donors (Lipinski definition) is 1. The van der Waals surface area contributed by atoms with Crippen molar-refractivity contribution in [2.45, 2.75) is 13.0 Å². The van der Waals surface area contributed by atoms with Crippen LogP contribution in [0.2, 0.25) is 0 Å². The second-order valence-corrected chi connectivity index (χ2v) is 6.78. The number of nitriles is 1. The van der Waals surface area contributed by atoms with Gasteiger partial charge in [0.15, 0.2) is 17.3 Å². The van der Waals surface area contributed by atoms with Crippen LogP contribution in [0.15, 0.2) is 35.1 Å². The molecule has 154 valence electrons. The van der Waals surface area contributed by atoms with E-state index in [9.17, 15) is 14.9 Å². The van der Waals surface area contributed by atoms with Gasteiger partial charge in [0.25, 0.3) is 5.56 Å². The minimum absolute atomic E-state index is 0. The molecule has 8 heteroatoms. The van der Waals surface area contributed by atoms with Crippen molar-refractivity contribution in [3.8, 4) is 28.8 Å². The Bertz CT molecular complexity index is 1270. The molecule has 0 bridgehead atoms. The lowest BCUT2D eigenvalue weighted by Crippen LogP contribution is -2.24. The van der Waals surface area contributed by atoms with Crippen LogP contribution in [0.4, 0.5) is 0 Å². The van der Waals surface area contributed by atoms with Gasteiger partial charge in [-0.25, -0.2) is 0 Å². The molecule has 0 spiro atoms. The summed E-state index contributed by atoms with van der Waals surface area (Å²) in [7, 11) is 3.00. The zero-order valence-corrected chi connectivity index (χ0v) is 17.3. The molecule has 1 aliphatic rings. The molecule has 0 unspecified atom stereocenters. The van der Waals surface area contributed by atoms with E-state index < -0.39 is 0 Å². The molecule has 0 aliphatic heterocycles. The van der Waals surface area contributed by atoms with Gasteiger partial charge in [-0.1, -0.05) is 6.07 Å². The van der Waals surface area contributed by atoms with E-state index in [1.54, 1.807) is 34.9 Å². The van der Waals surface area contributed by atoms with E-state index in [0.29, 0.717) is 69.7 Å². The third-order valence-corrected chi connectivity index (χ3v) is 5.24. The number of hydrogen-bond acceptors (Lipinski definition) is 6. The van der Waals surface area contributed by atoms with E-state index in [1.807, 2.05) is 0 Å². The number of nitrogens with two attached hydrogens (primary N) is 1. The molecule has 3 aromatic rings. The summed E-state index contributed by atoms with van der Waals surface area (Å²) in [6.45, 7) is 0.800. The predicted octanol–water partition coefficient (Wildman–Crippen LogP) is 2.87. The minimum atomic E-state index is -0.224. The Morgan fingerprint density at radius 2 is 1.70 bits per heavy atom. The second-order valence-electron chi connectivity index (χ2n) is 6.78. The fourth-order valence-corrected chi connectivity index (χ4v) is 3.89. The van der Waals surface area contributed by atoms with Crippen LogP contribution in [0.25, 0.3) is 22.0 Å². The summed E-state index contributed by atoms with van der Waals surface area (Å²) >= 11 is 0. The molecule has 2 N–H and O–H groups in total. The fourth-order valence-electron chi connectivity index (χ4n) is 3.89. The molecule has 7 nitrogen and oxygen atoms in total. The van der Waals surface area contributed by atoms with Crippen LogP contribution in [-0.4, -0.2) is 31.1 Å². The van der Waals surface area contributed by atoms with Crippen molar-refractivity contribution in [3.05, 3.63) is 57.4 Å². The van der Waals surface area contributed by atoms with Crippen molar-refractivity contribution in [2.24, 2.45) is 5.73 Å². The van der Waals surface area contributed by atoms with E-state index >= 15 is 0 Å². The molecule has 4 rings (SSSR count). The summed E-state index contributed by atoms with van der Waals surface area (Å²) in [5, 5.41) is 10.1. The van der Waals surface area contributed by atoms with Gasteiger partial charge in [-0.15, -0.1) is 12.4 Å². The van der Waals surface area contributed by atoms with Crippen LogP contribution in [0.1, 0.15) is 27.9 Å². The average molecular weight is 426 g/mol. The van der Waals surface area contributed by atoms with Crippen molar-refractivity contribution in [3.63, 3.8) is 0 Å². The van der Waals surface area contributed by atoms with Gasteiger partial charge in [0, 0.05) is 23.1 Å². The van der Waals surface area contributed by atoms with E-state index in [1.165, 1.54) is 14.2 Å². The number of nitrogens with zero attached hydrogens (tertiary/aromatic N) is 2. The Labute approximate surface area is 179 Å². The lowest BCUT2D eigenvalue weighted by molar-refractivity contribution is 0.104. The van der Waals surface area contributed by atoms with Crippen molar-refractivity contribution in [1.82, 2.24) is 4.57 Å². The third kappa shape index (κ3) is 3.02. The van der Waals surface area contributed by atoms with Gasteiger partial charge in [-0.05, 0) is 37.2 Å². The Morgan fingerprint density at radius 3 is 2.30 bits per heavy atom. The number of aromatic nitrogens is 1. The van der Waals surface area contributed by atoms with Crippen molar-refractivity contribution in [2.75, 3.05) is 20.8 Å². The largest absolute Gasteiger partial charge is 0.493 e. The van der Waals surface area contributed by atoms with Gasteiger partial charge < -0.3 is 19.8 Å². The molecule has 0 fully saturated rings. The smallest absolute Gasteiger partial charge is 0.259 e. The van der Waals surface area contributed by atoms with Gasteiger partial charge in [0.05, 0.1) is 42.5 Å².